The van der Waals surface area contributed by atoms with E-state index in [9.17, 15) is 9.59 Å². The van der Waals surface area contributed by atoms with E-state index in [0.29, 0.717) is 31.6 Å². The van der Waals surface area contributed by atoms with E-state index in [1.165, 1.54) is 11.1 Å². The summed E-state index contributed by atoms with van der Waals surface area (Å²) in [6.45, 7) is 2.06. The molecule has 1 fully saturated rings. The second kappa shape index (κ2) is 11.5. The van der Waals surface area contributed by atoms with Gasteiger partial charge >= 0.3 is 0 Å². The van der Waals surface area contributed by atoms with Gasteiger partial charge in [0.2, 0.25) is 5.91 Å². The van der Waals surface area contributed by atoms with Crippen LogP contribution < -0.4 is 10.1 Å². The quantitative estimate of drug-likeness (QED) is 0.384. The fourth-order valence-corrected chi connectivity index (χ4v) is 5.11. The topological polar surface area (TPSA) is 58.6 Å². The van der Waals surface area contributed by atoms with Crippen molar-refractivity contribution in [1.29, 1.82) is 0 Å². The molecule has 190 valence electrons. The molecular weight excluding hydrogens is 460 g/mol. The third-order valence-corrected chi connectivity index (χ3v) is 7.35. The van der Waals surface area contributed by atoms with Gasteiger partial charge in [-0.15, -0.1) is 0 Å². The van der Waals surface area contributed by atoms with Gasteiger partial charge in [0, 0.05) is 50.0 Å². The lowest BCUT2D eigenvalue weighted by Crippen LogP contribution is -2.49. The summed E-state index contributed by atoms with van der Waals surface area (Å²) in [6, 6.07) is 26.0. The molecule has 5 nitrogen and oxygen atoms in total. The van der Waals surface area contributed by atoms with Gasteiger partial charge in [0.05, 0.1) is 0 Å². The van der Waals surface area contributed by atoms with Crippen LogP contribution in [0.5, 0.6) is 5.75 Å². The molecule has 2 aliphatic rings. The molecule has 5 heteroatoms. The Bertz CT molecular complexity index is 1250. The Labute approximate surface area is 219 Å². The summed E-state index contributed by atoms with van der Waals surface area (Å²) in [5, 5.41) is 2.95. The van der Waals surface area contributed by atoms with Crippen molar-refractivity contribution in [2.75, 3.05) is 19.6 Å². The molecule has 2 heterocycles. The molecule has 0 unspecified atom stereocenters. The van der Waals surface area contributed by atoms with E-state index >= 15 is 0 Å². The monoisotopic (exact) mass is 494 g/mol. The van der Waals surface area contributed by atoms with Crippen molar-refractivity contribution in [2.45, 2.75) is 44.1 Å². The number of unbranched alkanes of at least 4 members (excludes halogenated alkanes) is 2. The summed E-state index contributed by atoms with van der Waals surface area (Å²) >= 11 is 0. The number of fused-ring (bicyclic) bond motifs is 1. The summed E-state index contributed by atoms with van der Waals surface area (Å²) in [5.74, 6) is 1.09. The number of benzene rings is 3. The Morgan fingerprint density at radius 2 is 1.57 bits per heavy atom. The normalized spacial score (nSPS) is 15.6. The first kappa shape index (κ1) is 24.8. The Balaban J connectivity index is 1.04. The average molecular weight is 495 g/mol. The molecule has 3 aromatic rings. The molecule has 1 spiro atoms. The maximum Gasteiger partial charge on any atom is 0.251 e. The van der Waals surface area contributed by atoms with Crippen molar-refractivity contribution in [3.05, 3.63) is 96.1 Å². The van der Waals surface area contributed by atoms with Crippen molar-refractivity contribution >= 4 is 17.9 Å². The van der Waals surface area contributed by atoms with Crippen molar-refractivity contribution in [3.63, 3.8) is 0 Å². The third-order valence-electron chi connectivity index (χ3n) is 7.35. The number of likely N-dealkylation sites (tertiary alicyclic amines) is 1. The van der Waals surface area contributed by atoms with Gasteiger partial charge in [-0.25, -0.2) is 0 Å². The molecule has 5 rings (SSSR count). The standard InChI is InChI=1S/C32H34N2O3/c35-30(14-8-3-9-21-33-31(36)26-12-6-2-7-13-26)34-22-19-32(20-23-34)18-17-28-24-27(15-16-29(28)37-32)25-10-4-1-5-11-25/h1-2,4-7,10-13,15-18,24H,3,8-9,14,19-23H2,(H,33,36). The molecule has 0 bridgehead atoms. The number of nitrogens with zero attached hydrogens (tertiary/aromatic N) is 1. The Hall–Kier alpha value is -3.86. The van der Waals surface area contributed by atoms with E-state index in [-0.39, 0.29) is 17.4 Å². The molecule has 0 aliphatic carbocycles. The first-order valence-electron chi connectivity index (χ1n) is 13.3. The zero-order valence-corrected chi connectivity index (χ0v) is 21.2. The van der Waals surface area contributed by atoms with Gasteiger partial charge in [0.1, 0.15) is 11.4 Å². The van der Waals surface area contributed by atoms with E-state index in [2.05, 4.69) is 59.9 Å². The van der Waals surface area contributed by atoms with Crippen LogP contribution in [0, 0.1) is 0 Å². The van der Waals surface area contributed by atoms with Crippen LogP contribution in [-0.4, -0.2) is 41.9 Å². The minimum absolute atomic E-state index is 0.0443. The molecule has 0 atom stereocenters. The molecular formula is C32H34N2O3. The van der Waals surface area contributed by atoms with Crippen LogP contribution in [0.15, 0.2) is 84.9 Å². The van der Waals surface area contributed by atoms with E-state index < -0.39 is 0 Å². The fourth-order valence-electron chi connectivity index (χ4n) is 5.11. The second-order valence-corrected chi connectivity index (χ2v) is 9.93. The number of piperidine rings is 1. The van der Waals surface area contributed by atoms with Gasteiger partial charge in [-0.3, -0.25) is 9.59 Å². The minimum atomic E-state index is -0.324. The number of amides is 2. The van der Waals surface area contributed by atoms with E-state index in [4.69, 9.17) is 4.74 Å². The van der Waals surface area contributed by atoms with Crippen LogP contribution in [0.25, 0.3) is 17.2 Å². The lowest BCUT2D eigenvalue weighted by atomic mass is 9.87. The van der Waals surface area contributed by atoms with Gasteiger partial charge in [0.25, 0.3) is 5.91 Å². The van der Waals surface area contributed by atoms with Crippen LogP contribution in [0.3, 0.4) is 0 Å². The molecule has 0 aromatic heterocycles. The lowest BCUT2D eigenvalue weighted by molar-refractivity contribution is -0.134. The minimum Gasteiger partial charge on any atom is -0.482 e. The Kier molecular flexibility index (Phi) is 7.69. The first-order valence-corrected chi connectivity index (χ1v) is 13.3. The van der Waals surface area contributed by atoms with Gasteiger partial charge < -0.3 is 15.0 Å². The number of carbonyl (C=O) groups excluding carboxylic acids is 2. The summed E-state index contributed by atoms with van der Waals surface area (Å²) < 4.78 is 6.50. The highest BCUT2D eigenvalue weighted by Gasteiger charge is 2.37. The van der Waals surface area contributed by atoms with Gasteiger partial charge in [-0.2, -0.15) is 0 Å². The van der Waals surface area contributed by atoms with Crippen LogP contribution in [0.4, 0.5) is 0 Å². The van der Waals surface area contributed by atoms with Crippen LogP contribution in [0.2, 0.25) is 0 Å². The number of nitrogens with one attached hydrogen (secondary N) is 1. The molecule has 37 heavy (non-hydrogen) atoms. The fraction of sp³-hybridized carbons (Fsp3) is 0.312. The zero-order chi connectivity index (χ0) is 25.5. The van der Waals surface area contributed by atoms with Gasteiger partial charge in [0.15, 0.2) is 0 Å². The zero-order valence-electron chi connectivity index (χ0n) is 21.2. The Morgan fingerprint density at radius 1 is 0.838 bits per heavy atom. The SMILES string of the molecule is O=C(NCCCCCC(=O)N1CCC2(C=Cc3cc(-c4ccccc4)ccc3O2)CC1)c1ccccc1. The summed E-state index contributed by atoms with van der Waals surface area (Å²) in [6.07, 6.45) is 9.18. The summed E-state index contributed by atoms with van der Waals surface area (Å²) in [5.41, 5.74) is 3.84. The smallest absolute Gasteiger partial charge is 0.251 e. The van der Waals surface area contributed by atoms with E-state index in [1.54, 1.807) is 0 Å². The largest absolute Gasteiger partial charge is 0.482 e. The predicted molar refractivity (Wildman–Crippen MR) is 147 cm³/mol. The first-order chi connectivity index (χ1) is 18.1. The highest BCUT2D eigenvalue weighted by molar-refractivity contribution is 5.94. The van der Waals surface area contributed by atoms with Crippen LogP contribution >= 0.6 is 0 Å². The molecule has 0 radical (unpaired) electrons. The van der Waals surface area contributed by atoms with E-state index in [1.807, 2.05) is 41.3 Å². The third kappa shape index (κ3) is 6.11. The average Bonchev–Trinajstić information content (AvgIpc) is 2.95. The predicted octanol–water partition coefficient (Wildman–Crippen LogP) is 6.11. The van der Waals surface area contributed by atoms with Crippen LogP contribution in [-0.2, 0) is 4.79 Å². The molecule has 1 N–H and O–H groups in total. The van der Waals surface area contributed by atoms with Crippen LogP contribution in [0.1, 0.15) is 54.4 Å². The number of carbonyl (C=O) groups is 2. The number of ether oxygens (including phenoxy) is 1. The lowest BCUT2D eigenvalue weighted by Gasteiger charge is -2.42. The number of hydrogen-bond donors (Lipinski definition) is 1. The van der Waals surface area contributed by atoms with Crippen molar-refractivity contribution < 1.29 is 14.3 Å². The Morgan fingerprint density at radius 3 is 2.32 bits per heavy atom. The summed E-state index contributed by atoms with van der Waals surface area (Å²) in [7, 11) is 0. The molecule has 1 saturated heterocycles. The molecule has 0 saturated carbocycles. The summed E-state index contributed by atoms with van der Waals surface area (Å²) in [4.78, 5) is 26.8. The highest BCUT2D eigenvalue weighted by Crippen LogP contribution is 2.38. The number of rotatable bonds is 8. The van der Waals surface area contributed by atoms with Crippen molar-refractivity contribution in [1.82, 2.24) is 10.2 Å². The maximum absolute atomic E-state index is 12.8. The van der Waals surface area contributed by atoms with Gasteiger partial charge in [-0.1, -0.05) is 67.1 Å². The highest BCUT2D eigenvalue weighted by atomic mass is 16.5. The molecule has 3 aromatic carbocycles. The molecule has 2 aliphatic heterocycles. The van der Waals surface area contributed by atoms with Crippen molar-refractivity contribution in [3.8, 4) is 16.9 Å². The maximum atomic E-state index is 12.8. The van der Waals surface area contributed by atoms with Gasteiger partial charge in [-0.05, 0) is 54.3 Å². The number of hydrogen-bond acceptors (Lipinski definition) is 3. The second-order valence-electron chi connectivity index (χ2n) is 9.93. The van der Waals surface area contributed by atoms with E-state index in [0.717, 1.165) is 43.4 Å². The van der Waals surface area contributed by atoms with Crippen molar-refractivity contribution in [2.24, 2.45) is 0 Å². The molecule has 2 amide bonds.